The van der Waals surface area contributed by atoms with Gasteiger partial charge in [0.1, 0.15) is 0 Å². The van der Waals surface area contributed by atoms with Gasteiger partial charge in [-0.1, -0.05) is 0 Å². The fourth-order valence-electron chi connectivity index (χ4n) is 2.78. The van der Waals surface area contributed by atoms with Crippen molar-refractivity contribution in [2.75, 3.05) is 13.1 Å². The van der Waals surface area contributed by atoms with Crippen LogP contribution in [0, 0.1) is 5.92 Å². The molecule has 0 aromatic heterocycles. The topological polar surface area (TPSA) is 29.3 Å². The zero-order chi connectivity index (χ0) is 8.77. The summed E-state index contributed by atoms with van der Waals surface area (Å²) in [7, 11) is 0. The zero-order valence-corrected chi connectivity index (χ0v) is 8.21. The molecular weight excluding hydrogens is 148 g/mol. The Kier molecular flexibility index (Phi) is 1.92. The highest BCUT2D eigenvalue weighted by Gasteiger charge is 2.43. The van der Waals surface area contributed by atoms with Gasteiger partial charge in [-0.25, -0.2) is 0 Å². The Hall–Kier alpha value is -0.0800. The van der Waals surface area contributed by atoms with Crippen molar-refractivity contribution in [1.82, 2.24) is 4.90 Å². The van der Waals surface area contributed by atoms with Gasteiger partial charge in [0.2, 0.25) is 0 Å². The highest BCUT2D eigenvalue weighted by atomic mass is 15.3. The number of hydrogen-bond acceptors (Lipinski definition) is 2. The minimum absolute atomic E-state index is 0.236. The molecule has 1 saturated carbocycles. The molecule has 70 valence electrons. The van der Waals surface area contributed by atoms with Crippen LogP contribution in [0.1, 0.15) is 33.1 Å². The number of piperidine rings is 1. The minimum atomic E-state index is 0.236. The Labute approximate surface area is 75.1 Å². The van der Waals surface area contributed by atoms with Crippen molar-refractivity contribution in [2.45, 2.75) is 44.7 Å². The van der Waals surface area contributed by atoms with Gasteiger partial charge in [-0.05, 0) is 39.0 Å². The molecule has 2 aliphatic rings. The van der Waals surface area contributed by atoms with E-state index in [0.29, 0.717) is 0 Å². The lowest BCUT2D eigenvalue weighted by molar-refractivity contribution is 0.0892. The van der Waals surface area contributed by atoms with E-state index in [1.165, 1.54) is 25.8 Å². The Morgan fingerprint density at radius 1 is 1.42 bits per heavy atom. The summed E-state index contributed by atoms with van der Waals surface area (Å²) >= 11 is 0. The van der Waals surface area contributed by atoms with Crippen molar-refractivity contribution in [3.05, 3.63) is 0 Å². The normalized spacial score (nSPS) is 36.2. The SMILES string of the molecule is CC(C)(CN)N1CC2CCC1C2. The molecule has 0 amide bonds. The molecule has 1 saturated heterocycles. The molecule has 2 atom stereocenters. The Morgan fingerprint density at radius 2 is 2.17 bits per heavy atom. The lowest BCUT2D eigenvalue weighted by Gasteiger charge is -2.40. The van der Waals surface area contributed by atoms with Gasteiger partial charge in [-0.3, -0.25) is 4.90 Å². The summed E-state index contributed by atoms with van der Waals surface area (Å²) in [6.07, 6.45) is 4.30. The van der Waals surface area contributed by atoms with Gasteiger partial charge in [-0.15, -0.1) is 0 Å². The van der Waals surface area contributed by atoms with Gasteiger partial charge in [0, 0.05) is 24.7 Å². The Morgan fingerprint density at radius 3 is 2.58 bits per heavy atom. The van der Waals surface area contributed by atoms with E-state index in [2.05, 4.69) is 18.7 Å². The maximum absolute atomic E-state index is 5.78. The van der Waals surface area contributed by atoms with Crippen molar-refractivity contribution in [3.63, 3.8) is 0 Å². The van der Waals surface area contributed by atoms with Crippen LogP contribution in [0.25, 0.3) is 0 Å². The van der Waals surface area contributed by atoms with Crippen LogP contribution >= 0.6 is 0 Å². The molecule has 0 aromatic carbocycles. The molecule has 2 unspecified atom stereocenters. The summed E-state index contributed by atoms with van der Waals surface area (Å²) in [5, 5.41) is 0. The van der Waals surface area contributed by atoms with E-state index in [-0.39, 0.29) is 5.54 Å². The minimum Gasteiger partial charge on any atom is -0.329 e. The molecule has 2 heteroatoms. The quantitative estimate of drug-likeness (QED) is 0.671. The van der Waals surface area contributed by atoms with Crippen LogP contribution in [-0.4, -0.2) is 29.6 Å². The van der Waals surface area contributed by atoms with Gasteiger partial charge in [0.15, 0.2) is 0 Å². The highest BCUT2D eigenvalue weighted by Crippen LogP contribution is 2.40. The number of hydrogen-bond donors (Lipinski definition) is 1. The van der Waals surface area contributed by atoms with E-state index in [4.69, 9.17) is 5.73 Å². The summed E-state index contributed by atoms with van der Waals surface area (Å²) in [6, 6.07) is 0.855. The molecule has 2 rings (SSSR count). The molecule has 1 heterocycles. The van der Waals surface area contributed by atoms with E-state index in [9.17, 15) is 0 Å². The smallest absolute Gasteiger partial charge is 0.0278 e. The molecule has 1 aliphatic heterocycles. The second-order valence-electron chi connectivity index (χ2n) is 5.00. The first-order valence-corrected chi connectivity index (χ1v) is 5.10. The maximum atomic E-state index is 5.78. The van der Waals surface area contributed by atoms with Crippen molar-refractivity contribution in [3.8, 4) is 0 Å². The van der Waals surface area contributed by atoms with E-state index in [1.807, 2.05) is 0 Å². The molecular formula is C10H20N2. The standard InChI is InChI=1S/C10H20N2/c1-10(2,7-11)12-6-8-3-4-9(12)5-8/h8-9H,3-7,11H2,1-2H3. The van der Waals surface area contributed by atoms with Crippen molar-refractivity contribution < 1.29 is 0 Å². The molecule has 0 spiro atoms. The van der Waals surface area contributed by atoms with E-state index in [0.717, 1.165) is 18.5 Å². The molecule has 2 fully saturated rings. The average molecular weight is 168 g/mol. The van der Waals surface area contributed by atoms with Crippen LogP contribution < -0.4 is 5.73 Å². The van der Waals surface area contributed by atoms with Gasteiger partial charge in [0.05, 0.1) is 0 Å². The van der Waals surface area contributed by atoms with E-state index >= 15 is 0 Å². The summed E-state index contributed by atoms with van der Waals surface area (Å²) in [6.45, 7) is 6.63. The largest absolute Gasteiger partial charge is 0.329 e. The van der Waals surface area contributed by atoms with E-state index in [1.54, 1.807) is 0 Å². The van der Waals surface area contributed by atoms with Crippen LogP contribution in [0.4, 0.5) is 0 Å². The first-order chi connectivity index (χ1) is 5.63. The predicted molar refractivity (Wildman–Crippen MR) is 51.0 cm³/mol. The molecule has 0 radical (unpaired) electrons. The lowest BCUT2D eigenvalue weighted by atomic mass is 9.99. The number of rotatable bonds is 2. The average Bonchev–Trinajstić information content (AvgIpc) is 2.64. The van der Waals surface area contributed by atoms with Crippen molar-refractivity contribution in [1.29, 1.82) is 0 Å². The van der Waals surface area contributed by atoms with Crippen LogP contribution in [0.15, 0.2) is 0 Å². The molecule has 2 nitrogen and oxygen atoms in total. The second-order valence-corrected chi connectivity index (χ2v) is 5.00. The lowest BCUT2D eigenvalue weighted by Crippen LogP contribution is -2.52. The number of likely N-dealkylation sites (tertiary alicyclic amines) is 1. The monoisotopic (exact) mass is 168 g/mol. The number of fused-ring (bicyclic) bond motifs is 2. The second kappa shape index (κ2) is 2.71. The fourth-order valence-corrected chi connectivity index (χ4v) is 2.78. The Balaban J connectivity index is 2.06. The summed E-state index contributed by atoms with van der Waals surface area (Å²) in [4.78, 5) is 2.63. The van der Waals surface area contributed by atoms with Crippen LogP contribution in [0.2, 0.25) is 0 Å². The van der Waals surface area contributed by atoms with Gasteiger partial charge < -0.3 is 5.73 Å². The summed E-state index contributed by atoms with van der Waals surface area (Å²) < 4.78 is 0. The van der Waals surface area contributed by atoms with Crippen LogP contribution in [-0.2, 0) is 0 Å². The van der Waals surface area contributed by atoms with Crippen molar-refractivity contribution >= 4 is 0 Å². The van der Waals surface area contributed by atoms with Gasteiger partial charge >= 0.3 is 0 Å². The van der Waals surface area contributed by atoms with Crippen LogP contribution in [0.3, 0.4) is 0 Å². The Bertz CT molecular complexity index is 177. The molecule has 2 N–H and O–H groups in total. The van der Waals surface area contributed by atoms with Crippen LogP contribution in [0.5, 0.6) is 0 Å². The summed E-state index contributed by atoms with van der Waals surface area (Å²) in [5.41, 5.74) is 6.01. The van der Waals surface area contributed by atoms with Crippen molar-refractivity contribution in [2.24, 2.45) is 11.7 Å². The third kappa shape index (κ3) is 1.17. The zero-order valence-electron chi connectivity index (χ0n) is 8.21. The first kappa shape index (κ1) is 8.52. The molecule has 12 heavy (non-hydrogen) atoms. The first-order valence-electron chi connectivity index (χ1n) is 5.10. The number of nitrogens with zero attached hydrogens (tertiary/aromatic N) is 1. The third-order valence-corrected chi connectivity index (χ3v) is 3.69. The van der Waals surface area contributed by atoms with E-state index < -0.39 is 0 Å². The predicted octanol–water partition coefficient (Wildman–Crippen LogP) is 1.21. The molecule has 2 bridgehead atoms. The maximum Gasteiger partial charge on any atom is 0.0278 e. The fraction of sp³-hybridized carbons (Fsp3) is 1.00. The number of nitrogens with two attached hydrogens (primary N) is 1. The molecule has 0 aromatic rings. The van der Waals surface area contributed by atoms with Gasteiger partial charge in [-0.2, -0.15) is 0 Å². The highest BCUT2D eigenvalue weighted by molar-refractivity contribution is 4.98. The third-order valence-electron chi connectivity index (χ3n) is 3.69. The van der Waals surface area contributed by atoms with Gasteiger partial charge in [0.25, 0.3) is 0 Å². The molecule has 1 aliphatic carbocycles. The summed E-state index contributed by atoms with van der Waals surface area (Å²) in [5.74, 6) is 0.987.